The van der Waals surface area contributed by atoms with Gasteiger partial charge in [-0.15, -0.1) is 12.3 Å². The summed E-state index contributed by atoms with van der Waals surface area (Å²) in [6, 6.07) is 0. The molecule has 1 aliphatic carbocycles. The lowest BCUT2D eigenvalue weighted by molar-refractivity contribution is -0.141. The Hall–Kier alpha value is -1.30. The van der Waals surface area contributed by atoms with Gasteiger partial charge in [0.15, 0.2) is 0 Å². The van der Waals surface area contributed by atoms with Crippen LogP contribution in [0.5, 0.6) is 0 Å². The maximum atomic E-state index is 12.4. The smallest absolute Gasteiger partial charge is 0.235 e. The van der Waals surface area contributed by atoms with Gasteiger partial charge in [0, 0.05) is 19.4 Å². The third kappa shape index (κ3) is 2.22. The molecule has 0 atom stereocenters. The molecule has 3 nitrogen and oxygen atoms in total. The van der Waals surface area contributed by atoms with Crippen molar-refractivity contribution in [3.63, 3.8) is 0 Å². The first-order valence-corrected chi connectivity index (χ1v) is 6.48. The van der Waals surface area contributed by atoms with Crippen molar-refractivity contribution in [3.8, 4) is 12.3 Å². The average Bonchev–Trinajstić information content (AvgIpc) is 2.50. The third-order valence-corrected chi connectivity index (χ3v) is 4.03. The fourth-order valence-electron chi connectivity index (χ4n) is 3.06. The number of likely N-dealkylation sites (tertiary alicyclic amines) is 1. The summed E-state index contributed by atoms with van der Waals surface area (Å²) in [5, 5.41) is 0. The predicted octanol–water partition coefficient (Wildman–Crippen LogP) is 2.11. The van der Waals surface area contributed by atoms with Gasteiger partial charge in [-0.3, -0.25) is 14.5 Å². The molecule has 1 aliphatic heterocycles. The summed E-state index contributed by atoms with van der Waals surface area (Å²) in [6.45, 7) is 0.399. The molecule has 2 fully saturated rings. The molecule has 0 bridgehead atoms. The second-order valence-corrected chi connectivity index (χ2v) is 5.18. The third-order valence-electron chi connectivity index (χ3n) is 4.03. The molecule has 0 radical (unpaired) electrons. The van der Waals surface area contributed by atoms with Crippen LogP contribution in [0.4, 0.5) is 0 Å². The van der Waals surface area contributed by atoms with E-state index in [1.165, 1.54) is 17.7 Å². The van der Waals surface area contributed by atoms with Gasteiger partial charge in [-0.05, 0) is 12.8 Å². The van der Waals surface area contributed by atoms with Crippen molar-refractivity contribution in [1.82, 2.24) is 4.90 Å². The normalized spacial score (nSPS) is 23.8. The molecule has 1 spiro atoms. The van der Waals surface area contributed by atoms with Crippen LogP contribution in [0.25, 0.3) is 0 Å². The Morgan fingerprint density at radius 2 is 1.82 bits per heavy atom. The summed E-state index contributed by atoms with van der Waals surface area (Å²) in [5.74, 6) is 2.51. The zero-order valence-corrected chi connectivity index (χ0v) is 10.2. The van der Waals surface area contributed by atoms with Gasteiger partial charge in [0.25, 0.3) is 0 Å². The summed E-state index contributed by atoms with van der Waals surface area (Å²) in [4.78, 5) is 25.7. The van der Waals surface area contributed by atoms with E-state index in [1.807, 2.05) is 0 Å². The summed E-state index contributed by atoms with van der Waals surface area (Å²) < 4.78 is 0. The fraction of sp³-hybridized carbons (Fsp3) is 0.714. The van der Waals surface area contributed by atoms with Crippen LogP contribution in [0.2, 0.25) is 0 Å². The minimum absolute atomic E-state index is 0.0212. The molecular weight excluding hydrogens is 214 g/mol. The molecule has 2 aliphatic rings. The molecule has 2 rings (SSSR count). The number of nitrogens with zero attached hydrogens (tertiary/aromatic N) is 1. The number of imide groups is 1. The monoisotopic (exact) mass is 233 g/mol. The van der Waals surface area contributed by atoms with Gasteiger partial charge in [-0.2, -0.15) is 0 Å². The number of hydrogen-bond acceptors (Lipinski definition) is 2. The maximum absolute atomic E-state index is 12.4. The van der Waals surface area contributed by atoms with Crippen molar-refractivity contribution >= 4 is 11.8 Å². The molecule has 1 saturated carbocycles. The summed E-state index contributed by atoms with van der Waals surface area (Å²) in [7, 11) is 0. The zero-order chi connectivity index (χ0) is 12.3. The van der Waals surface area contributed by atoms with Gasteiger partial charge in [0.2, 0.25) is 11.8 Å². The highest BCUT2D eigenvalue weighted by molar-refractivity contribution is 6.05. The van der Waals surface area contributed by atoms with Crippen LogP contribution in [0.15, 0.2) is 0 Å². The van der Waals surface area contributed by atoms with E-state index in [9.17, 15) is 9.59 Å². The van der Waals surface area contributed by atoms with Crippen LogP contribution < -0.4 is 0 Å². The first kappa shape index (κ1) is 12.2. The molecule has 1 saturated heterocycles. The molecule has 2 amide bonds. The Morgan fingerprint density at radius 1 is 1.18 bits per heavy atom. The number of carbonyl (C=O) groups excluding carboxylic acids is 2. The Kier molecular flexibility index (Phi) is 3.51. The van der Waals surface area contributed by atoms with E-state index in [0.29, 0.717) is 19.4 Å². The van der Waals surface area contributed by atoms with Gasteiger partial charge < -0.3 is 0 Å². The number of carbonyl (C=O) groups is 2. The number of hydrogen-bond donors (Lipinski definition) is 0. The first-order valence-electron chi connectivity index (χ1n) is 6.48. The first-order chi connectivity index (χ1) is 8.19. The lowest BCUT2D eigenvalue weighted by Gasteiger charge is -2.24. The molecule has 0 N–H and O–H groups in total. The van der Waals surface area contributed by atoms with E-state index in [1.54, 1.807) is 0 Å². The van der Waals surface area contributed by atoms with E-state index in [0.717, 1.165) is 25.7 Å². The van der Waals surface area contributed by atoms with Crippen LogP contribution in [-0.2, 0) is 9.59 Å². The zero-order valence-electron chi connectivity index (χ0n) is 10.2. The largest absolute Gasteiger partial charge is 0.281 e. The molecule has 3 heteroatoms. The molecule has 0 unspecified atom stereocenters. The summed E-state index contributed by atoms with van der Waals surface area (Å²) >= 11 is 0. The van der Waals surface area contributed by atoms with Gasteiger partial charge in [0.1, 0.15) is 0 Å². The molecular formula is C14H19NO2. The molecule has 0 aromatic carbocycles. The average molecular weight is 233 g/mol. The van der Waals surface area contributed by atoms with E-state index < -0.39 is 0 Å². The van der Waals surface area contributed by atoms with E-state index in [4.69, 9.17) is 6.42 Å². The van der Waals surface area contributed by atoms with Crippen LogP contribution >= 0.6 is 0 Å². The van der Waals surface area contributed by atoms with Crippen LogP contribution in [0, 0.1) is 17.8 Å². The van der Waals surface area contributed by atoms with Crippen molar-refractivity contribution < 1.29 is 9.59 Å². The van der Waals surface area contributed by atoms with Crippen LogP contribution in [0.1, 0.15) is 51.4 Å². The topological polar surface area (TPSA) is 37.4 Å². The van der Waals surface area contributed by atoms with Gasteiger partial charge >= 0.3 is 0 Å². The standard InChI is InChI=1S/C14H19NO2/c1-2-3-10-15-12(16)11-14(13(15)17)8-6-4-5-7-9-14/h1H,3-11H2. The highest BCUT2D eigenvalue weighted by Crippen LogP contribution is 2.44. The Balaban J connectivity index is 2.13. The van der Waals surface area contributed by atoms with Gasteiger partial charge in [-0.1, -0.05) is 25.7 Å². The number of rotatable bonds is 2. The summed E-state index contributed by atoms with van der Waals surface area (Å²) in [5.41, 5.74) is -0.373. The maximum Gasteiger partial charge on any atom is 0.235 e. The lowest BCUT2D eigenvalue weighted by Crippen LogP contribution is -2.36. The Labute approximate surface area is 103 Å². The van der Waals surface area contributed by atoms with Crippen LogP contribution in [-0.4, -0.2) is 23.3 Å². The fourth-order valence-corrected chi connectivity index (χ4v) is 3.06. The van der Waals surface area contributed by atoms with Crippen molar-refractivity contribution in [1.29, 1.82) is 0 Å². The molecule has 92 valence electrons. The number of terminal acetylenes is 1. The molecule has 17 heavy (non-hydrogen) atoms. The minimum atomic E-state index is -0.373. The molecule has 1 heterocycles. The van der Waals surface area contributed by atoms with Crippen LogP contribution in [0.3, 0.4) is 0 Å². The van der Waals surface area contributed by atoms with E-state index in [-0.39, 0.29) is 17.2 Å². The van der Waals surface area contributed by atoms with Crippen molar-refractivity contribution in [2.45, 2.75) is 51.4 Å². The van der Waals surface area contributed by atoms with E-state index >= 15 is 0 Å². The SMILES string of the molecule is C#CCCN1C(=O)CC2(CCCCCC2)C1=O. The van der Waals surface area contributed by atoms with Crippen molar-refractivity contribution in [2.24, 2.45) is 5.41 Å². The number of amides is 2. The second-order valence-electron chi connectivity index (χ2n) is 5.18. The Morgan fingerprint density at radius 3 is 2.41 bits per heavy atom. The van der Waals surface area contributed by atoms with Crippen molar-refractivity contribution in [3.05, 3.63) is 0 Å². The lowest BCUT2D eigenvalue weighted by atomic mass is 9.79. The van der Waals surface area contributed by atoms with Gasteiger partial charge in [-0.25, -0.2) is 0 Å². The minimum Gasteiger partial charge on any atom is -0.281 e. The van der Waals surface area contributed by atoms with Gasteiger partial charge in [0.05, 0.1) is 5.41 Å². The molecule has 0 aromatic heterocycles. The molecule has 0 aromatic rings. The Bertz CT molecular complexity index is 359. The quantitative estimate of drug-likeness (QED) is 0.541. The highest BCUT2D eigenvalue weighted by atomic mass is 16.2. The second kappa shape index (κ2) is 4.91. The van der Waals surface area contributed by atoms with Crippen molar-refractivity contribution in [2.75, 3.05) is 6.54 Å². The predicted molar refractivity (Wildman–Crippen MR) is 64.9 cm³/mol. The van der Waals surface area contributed by atoms with E-state index in [2.05, 4.69) is 5.92 Å². The highest BCUT2D eigenvalue weighted by Gasteiger charge is 2.50. The summed E-state index contributed by atoms with van der Waals surface area (Å²) in [6.07, 6.45) is 12.3.